The molecule has 0 spiro atoms. The van der Waals surface area contributed by atoms with Gasteiger partial charge in [0.15, 0.2) is 0 Å². The van der Waals surface area contributed by atoms with Gasteiger partial charge in [-0.25, -0.2) is 0 Å². The van der Waals surface area contributed by atoms with Crippen LogP contribution in [0.3, 0.4) is 0 Å². The van der Waals surface area contributed by atoms with Crippen molar-refractivity contribution in [3.63, 3.8) is 0 Å². The van der Waals surface area contributed by atoms with E-state index in [1.54, 1.807) is 0 Å². The minimum absolute atomic E-state index is 0.195. The first-order valence-electron chi connectivity index (χ1n) is 6.31. The van der Waals surface area contributed by atoms with Crippen LogP contribution in [0.25, 0.3) is 0 Å². The van der Waals surface area contributed by atoms with Gasteiger partial charge in [0.2, 0.25) is 0 Å². The first kappa shape index (κ1) is 13.9. The molecule has 0 radical (unpaired) electrons. The van der Waals surface area contributed by atoms with Crippen molar-refractivity contribution in [3.05, 3.63) is 0 Å². The van der Waals surface area contributed by atoms with Crippen LogP contribution in [0, 0.1) is 0 Å². The topological polar surface area (TPSA) is 44.7 Å². The van der Waals surface area contributed by atoms with Crippen LogP contribution in [-0.4, -0.2) is 61.5 Å². The summed E-state index contributed by atoms with van der Waals surface area (Å²) in [6.45, 7) is 7.28. The number of nitrogens with zero attached hydrogens (tertiary/aromatic N) is 1. The lowest BCUT2D eigenvalue weighted by Gasteiger charge is -2.33. The number of likely N-dealkylation sites (tertiary alicyclic amines) is 1. The summed E-state index contributed by atoms with van der Waals surface area (Å²) in [5, 5.41) is 13.1. The highest BCUT2D eigenvalue weighted by Gasteiger charge is 2.20. The van der Waals surface area contributed by atoms with E-state index in [2.05, 4.69) is 10.2 Å². The van der Waals surface area contributed by atoms with E-state index in [0.717, 1.165) is 19.6 Å². The third-order valence-electron chi connectivity index (χ3n) is 3.00. The summed E-state index contributed by atoms with van der Waals surface area (Å²) in [7, 11) is 2.01. The molecule has 0 saturated carbocycles. The fourth-order valence-electron chi connectivity index (χ4n) is 2.11. The van der Waals surface area contributed by atoms with Gasteiger partial charge in [0.1, 0.15) is 0 Å². The smallest absolute Gasteiger partial charge is 0.0900 e. The predicted molar refractivity (Wildman–Crippen MR) is 65.6 cm³/mol. The number of β-amino-alcohol motifs (C(OH)–C–C–N with tert-alkyl or cyclic N) is 1. The first-order chi connectivity index (χ1) is 7.61. The highest BCUT2D eigenvalue weighted by molar-refractivity contribution is 4.78. The Bertz CT molecular complexity index is 188. The molecule has 4 nitrogen and oxygen atoms in total. The molecule has 1 rings (SSSR count). The summed E-state index contributed by atoms with van der Waals surface area (Å²) in [4.78, 5) is 2.32. The number of hydrogen-bond acceptors (Lipinski definition) is 4. The maximum absolute atomic E-state index is 9.82. The number of aliphatic hydroxyl groups excluding tert-OH is 1. The number of likely N-dealkylation sites (N-methyl/N-ethyl adjacent to an activating group) is 1. The van der Waals surface area contributed by atoms with E-state index >= 15 is 0 Å². The summed E-state index contributed by atoms with van der Waals surface area (Å²) < 4.78 is 5.41. The van der Waals surface area contributed by atoms with Gasteiger partial charge in [-0.3, -0.25) is 4.90 Å². The summed E-state index contributed by atoms with van der Waals surface area (Å²) in [6, 6.07) is 0.576. The molecule has 4 heteroatoms. The molecule has 0 amide bonds. The number of aliphatic hydroxyl groups is 1. The van der Waals surface area contributed by atoms with E-state index in [-0.39, 0.29) is 12.2 Å². The zero-order valence-electron chi connectivity index (χ0n) is 10.8. The third-order valence-corrected chi connectivity index (χ3v) is 3.00. The van der Waals surface area contributed by atoms with Gasteiger partial charge in [-0.15, -0.1) is 0 Å². The second-order valence-corrected chi connectivity index (χ2v) is 4.92. The quantitative estimate of drug-likeness (QED) is 0.696. The Morgan fingerprint density at radius 1 is 1.50 bits per heavy atom. The molecule has 0 aliphatic carbocycles. The summed E-state index contributed by atoms with van der Waals surface area (Å²) >= 11 is 0. The van der Waals surface area contributed by atoms with Crippen LogP contribution in [0.2, 0.25) is 0 Å². The molecule has 1 heterocycles. The zero-order chi connectivity index (χ0) is 12.0. The van der Waals surface area contributed by atoms with Gasteiger partial charge in [0.25, 0.3) is 0 Å². The molecule has 16 heavy (non-hydrogen) atoms. The normalized spacial score (nSPS) is 24.9. The molecule has 96 valence electrons. The van der Waals surface area contributed by atoms with Crippen LogP contribution < -0.4 is 5.32 Å². The summed E-state index contributed by atoms with van der Waals surface area (Å²) in [5.41, 5.74) is 0. The van der Waals surface area contributed by atoms with E-state index in [1.807, 2.05) is 20.9 Å². The van der Waals surface area contributed by atoms with Crippen LogP contribution in [-0.2, 0) is 4.74 Å². The van der Waals surface area contributed by atoms with Crippen molar-refractivity contribution in [2.75, 3.05) is 33.3 Å². The van der Waals surface area contributed by atoms with E-state index in [9.17, 15) is 5.11 Å². The second-order valence-electron chi connectivity index (χ2n) is 4.92. The monoisotopic (exact) mass is 230 g/mol. The minimum atomic E-state index is -0.363. The SMILES string of the molecule is CNC1CCCN(CC(O)COC(C)C)C1. The van der Waals surface area contributed by atoms with Crippen LogP contribution in [0.15, 0.2) is 0 Å². The van der Waals surface area contributed by atoms with Crippen molar-refractivity contribution in [2.24, 2.45) is 0 Å². The Labute approximate surface area is 99.0 Å². The van der Waals surface area contributed by atoms with Gasteiger partial charge < -0.3 is 15.2 Å². The molecule has 2 atom stereocenters. The molecule has 0 bridgehead atoms. The standard InChI is InChI=1S/C12H26N2O2/c1-10(2)16-9-12(15)8-14-6-4-5-11(7-14)13-3/h10-13,15H,4-9H2,1-3H3. The Kier molecular flexibility index (Phi) is 6.28. The predicted octanol–water partition coefficient (Wildman–Crippen LogP) is 0.456. The Morgan fingerprint density at radius 2 is 2.25 bits per heavy atom. The maximum atomic E-state index is 9.82. The van der Waals surface area contributed by atoms with Crippen molar-refractivity contribution in [2.45, 2.75) is 44.9 Å². The van der Waals surface area contributed by atoms with E-state index in [4.69, 9.17) is 4.74 Å². The molecular formula is C12H26N2O2. The van der Waals surface area contributed by atoms with E-state index in [0.29, 0.717) is 12.6 Å². The number of hydrogen-bond donors (Lipinski definition) is 2. The number of rotatable bonds is 6. The van der Waals surface area contributed by atoms with Gasteiger partial charge in [-0.2, -0.15) is 0 Å². The lowest BCUT2D eigenvalue weighted by atomic mass is 10.1. The average Bonchev–Trinajstić information content (AvgIpc) is 2.26. The van der Waals surface area contributed by atoms with Crippen molar-refractivity contribution in [1.29, 1.82) is 0 Å². The maximum Gasteiger partial charge on any atom is 0.0900 e. The van der Waals surface area contributed by atoms with E-state index < -0.39 is 0 Å². The highest BCUT2D eigenvalue weighted by atomic mass is 16.5. The second kappa shape index (κ2) is 7.22. The highest BCUT2D eigenvalue weighted by Crippen LogP contribution is 2.10. The van der Waals surface area contributed by atoms with Crippen LogP contribution in [0.5, 0.6) is 0 Å². The van der Waals surface area contributed by atoms with Crippen molar-refractivity contribution in [1.82, 2.24) is 10.2 Å². The van der Waals surface area contributed by atoms with Crippen LogP contribution in [0.1, 0.15) is 26.7 Å². The van der Waals surface area contributed by atoms with Crippen LogP contribution >= 0.6 is 0 Å². The molecule has 1 fully saturated rings. The first-order valence-corrected chi connectivity index (χ1v) is 6.31. The van der Waals surface area contributed by atoms with Crippen molar-refractivity contribution < 1.29 is 9.84 Å². The zero-order valence-corrected chi connectivity index (χ0v) is 10.8. The molecule has 2 unspecified atom stereocenters. The molecule has 0 aromatic heterocycles. The molecule has 0 aromatic rings. The molecular weight excluding hydrogens is 204 g/mol. The summed E-state index contributed by atoms with van der Waals surface area (Å²) in [5.74, 6) is 0. The fourth-order valence-corrected chi connectivity index (χ4v) is 2.11. The lowest BCUT2D eigenvalue weighted by Crippen LogP contribution is -2.47. The molecule has 1 aliphatic rings. The molecule has 2 N–H and O–H groups in total. The Hall–Kier alpha value is -0.160. The largest absolute Gasteiger partial charge is 0.389 e. The fraction of sp³-hybridized carbons (Fsp3) is 1.00. The molecule has 1 saturated heterocycles. The van der Waals surface area contributed by atoms with E-state index in [1.165, 1.54) is 12.8 Å². The Morgan fingerprint density at radius 3 is 2.88 bits per heavy atom. The third kappa shape index (κ3) is 5.25. The summed E-state index contributed by atoms with van der Waals surface area (Å²) in [6.07, 6.45) is 2.29. The van der Waals surface area contributed by atoms with Gasteiger partial charge in [-0.1, -0.05) is 0 Å². The lowest BCUT2D eigenvalue weighted by molar-refractivity contribution is -0.0119. The van der Waals surface area contributed by atoms with Gasteiger partial charge in [-0.05, 0) is 40.3 Å². The van der Waals surface area contributed by atoms with Crippen molar-refractivity contribution >= 4 is 0 Å². The Balaban J connectivity index is 2.19. The van der Waals surface area contributed by atoms with Gasteiger partial charge >= 0.3 is 0 Å². The average molecular weight is 230 g/mol. The molecule has 1 aliphatic heterocycles. The van der Waals surface area contributed by atoms with Crippen molar-refractivity contribution in [3.8, 4) is 0 Å². The number of nitrogens with one attached hydrogen (secondary N) is 1. The number of ether oxygens (including phenoxy) is 1. The van der Waals surface area contributed by atoms with Gasteiger partial charge in [0.05, 0.1) is 18.8 Å². The molecule has 0 aromatic carbocycles. The van der Waals surface area contributed by atoms with Gasteiger partial charge in [0, 0.05) is 19.1 Å². The minimum Gasteiger partial charge on any atom is -0.389 e. The number of piperidine rings is 1. The van der Waals surface area contributed by atoms with Crippen LogP contribution in [0.4, 0.5) is 0 Å².